The van der Waals surface area contributed by atoms with E-state index in [0.29, 0.717) is 17.7 Å². The van der Waals surface area contributed by atoms with Crippen LogP contribution in [0.5, 0.6) is 5.75 Å². The van der Waals surface area contributed by atoms with Gasteiger partial charge in [-0.05, 0) is 37.0 Å². The van der Waals surface area contributed by atoms with E-state index in [1.54, 1.807) is 14.2 Å². The van der Waals surface area contributed by atoms with Crippen molar-refractivity contribution in [1.29, 1.82) is 0 Å². The molecule has 1 aliphatic heterocycles. The number of aryl methyl sites for hydroxylation is 1. The fourth-order valence-corrected chi connectivity index (χ4v) is 3.83. The summed E-state index contributed by atoms with van der Waals surface area (Å²) >= 11 is 0. The molecule has 2 aromatic heterocycles. The molecule has 0 saturated carbocycles. The van der Waals surface area contributed by atoms with E-state index in [1.165, 1.54) is 18.0 Å². The first-order chi connectivity index (χ1) is 13.5. The van der Waals surface area contributed by atoms with E-state index in [9.17, 15) is 9.59 Å². The summed E-state index contributed by atoms with van der Waals surface area (Å²) in [4.78, 5) is 32.3. The molecule has 148 valence electrons. The molecule has 0 unspecified atom stereocenters. The lowest BCUT2D eigenvalue weighted by molar-refractivity contribution is 0.414. The van der Waals surface area contributed by atoms with Gasteiger partial charge in [0, 0.05) is 27.2 Å². The van der Waals surface area contributed by atoms with Crippen LogP contribution in [0.1, 0.15) is 24.8 Å². The van der Waals surface area contributed by atoms with Gasteiger partial charge in [-0.2, -0.15) is 4.98 Å². The highest BCUT2D eigenvalue weighted by atomic mass is 16.5. The van der Waals surface area contributed by atoms with E-state index < -0.39 is 0 Å². The van der Waals surface area contributed by atoms with Crippen LogP contribution in [-0.2, 0) is 20.6 Å². The predicted octanol–water partition coefficient (Wildman–Crippen LogP) is 1.48. The summed E-state index contributed by atoms with van der Waals surface area (Å²) in [5.41, 5.74) is 1.25. The first-order valence-electron chi connectivity index (χ1n) is 9.55. The lowest BCUT2D eigenvalue weighted by Crippen LogP contribution is -2.37. The third kappa shape index (κ3) is 2.98. The normalized spacial score (nSPS) is 14.6. The number of benzene rings is 1. The summed E-state index contributed by atoms with van der Waals surface area (Å²) in [5.74, 6) is 1.54. The first kappa shape index (κ1) is 18.3. The van der Waals surface area contributed by atoms with Gasteiger partial charge in [0.05, 0.1) is 13.7 Å². The van der Waals surface area contributed by atoms with Crippen LogP contribution < -0.4 is 20.9 Å². The number of imidazole rings is 1. The molecule has 0 aliphatic carbocycles. The molecule has 3 heterocycles. The lowest BCUT2D eigenvalue weighted by atomic mass is 10.1. The fraction of sp³-hybridized carbons (Fsp3) is 0.450. The molecule has 8 nitrogen and oxygen atoms in total. The Kier molecular flexibility index (Phi) is 4.70. The number of hydrogen-bond acceptors (Lipinski definition) is 5. The second-order valence-electron chi connectivity index (χ2n) is 7.27. The average Bonchev–Trinajstić information content (AvgIpc) is 3.11. The first-order valence-corrected chi connectivity index (χ1v) is 9.55. The Labute approximate surface area is 162 Å². The number of hydrogen-bond donors (Lipinski definition) is 0. The maximum Gasteiger partial charge on any atom is 0.332 e. The van der Waals surface area contributed by atoms with Crippen molar-refractivity contribution in [3.63, 3.8) is 0 Å². The Morgan fingerprint density at radius 3 is 2.32 bits per heavy atom. The molecule has 0 bridgehead atoms. The standard InChI is InChI=1S/C20H25N5O3/c1-22-17-16(18(26)23(2)20(22)27)25(13-14-7-9-15(28-3)10-8-14)19(21-17)24-11-5-4-6-12-24/h7-10H,4-6,11-13H2,1-3H3. The number of rotatable bonds is 4. The molecule has 0 N–H and O–H groups in total. The van der Waals surface area contributed by atoms with Gasteiger partial charge < -0.3 is 9.64 Å². The molecule has 1 aromatic carbocycles. The Hall–Kier alpha value is -3.03. The van der Waals surface area contributed by atoms with Crippen molar-refractivity contribution in [2.75, 3.05) is 25.1 Å². The molecule has 0 amide bonds. The summed E-state index contributed by atoms with van der Waals surface area (Å²) in [6.07, 6.45) is 3.40. The van der Waals surface area contributed by atoms with Crippen LogP contribution in [0.4, 0.5) is 5.95 Å². The summed E-state index contributed by atoms with van der Waals surface area (Å²) < 4.78 is 9.79. The zero-order valence-corrected chi connectivity index (χ0v) is 16.5. The Balaban J connectivity index is 1.92. The maximum atomic E-state index is 13.0. The van der Waals surface area contributed by atoms with E-state index >= 15 is 0 Å². The summed E-state index contributed by atoms with van der Waals surface area (Å²) in [6, 6.07) is 7.78. The number of methoxy groups -OCH3 is 1. The smallest absolute Gasteiger partial charge is 0.332 e. The number of nitrogens with zero attached hydrogens (tertiary/aromatic N) is 5. The van der Waals surface area contributed by atoms with E-state index in [-0.39, 0.29) is 11.2 Å². The maximum absolute atomic E-state index is 13.0. The second-order valence-corrected chi connectivity index (χ2v) is 7.27. The van der Waals surface area contributed by atoms with Gasteiger partial charge in [-0.25, -0.2) is 4.79 Å². The van der Waals surface area contributed by atoms with E-state index in [0.717, 1.165) is 47.8 Å². The van der Waals surface area contributed by atoms with Crippen molar-refractivity contribution in [3.05, 3.63) is 50.7 Å². The molecule has 0 radical (unpaired) electrons. The van der Waals surface area contributed by atoms with Gasteiger partial charge in [-0.15, -0.1) is 0 Å². The van der Waals surface area contributed by atoms with Gasteiger partial charge in [0.15, 0.2) is 11.2 Å². The molecule has 8 heteroatoms. The monoisotopic (exact) mass is 383 g/mol. The lowest BCUT2D eigenvalue weighted by Gasteiger charge is -2.28. The Morgan fingerprint density at radius 1 is 1.00 bits per heavy atom. The second kappa shape index (κ2) is 7.18. The van der Waals surface area contributed by atoms with E-state index in [1.807, 2.05) is 28.8 Å². The Bertz CT molecular complexity index is 1120. The van der Waals surface area contributed by atoms with Crippen molar-refractivity contribution in [2.24, 2.45) is 14.1 Å². The van der Waals surface area contributed by atoms with Crippen LogP contribution in [0.2, 0.25) is 0 Å². The van der Waals surface area contributed by atoms with E-state index in [4.69, 9.17) is 9.72 Å². The van der Waals surface area contributed by atoms with Crippen molar-refractivity contribution in [2.45, 2.75) is 25.8 Å². The number of fused-ring (bicyclic) bond motifs is 1. The summed E-state index contributed by atoms with van der Waals surface area (Å²) in [5, 5.41) is 0. The molecule has 1 fully saturated rings. The van der Waals surface area contributed by atoms with Crippen LogP contribution in [-0.4, -0.2) is 38.9 Å². The van der Waals surface area contributed by atoms with Crippen LogP contribution in [0.3, 0.4) is 0 Å². The van der Waals surface area contributed by atoms with Crippen LogP contribution in [0.15, 0.2) is 33.9 Å². The highest BCUT2D eigenvalue weighted by molar-refractivity contribution is 5.74. The van der Waals surface area contributed by atoms with Gasteiger partial charge in [0.1, 0.15) is 5.75 Å². The molecule has 0 atom stereocenters. The highest BCUT2D eigenvalue weighted by Crippen LogP contribution is 2.24. The van der Waals surface area contributed by atoms with Gasteiger partial charge in [0.25, 0.3) is 5.56 Å². The zero-order chi connectivity index (χ0) is 19.8. The summed E-state index contributed by atoms with van der Waals surface area (Å²) in [7, 11) is 4.81. The minimum atomic E-state index is -0.364. The van der Waals surface area contributed by atoms with Gasteiger partial charge in [-0.1, -0.05) is 12.1 Å². The van der Waals surface area contributed by atoms with Crippen molar-refractivity contribution in [3.8, 4) is 5.75 Å². The highest BCUT2D eigenvalue weighted by Gasteiger charge is 2.23. The topological polar surface area (TPSA) is 74.3 Å². The van der Waals surface area contributed by atoms with Crippen LogP contribution in [0, 0.1) is 0 Å². The molecule has 0 spiro atoms. The third-order valence-electron chi connectivity index (χ3n) is 5.47. The van der Waals surface area contributed by atoms with Gasteiger partial charge in [-0.3, -0.25) is 18.5 Å². The van der Waals surface area contributed by atoms with Crippen molar-refractivity contribution < 1.29 is 4.74 Å². The molecule has 3 aromatic rings. The molecule has 1 saturated heterocycles. The van der Waals surface area contributed by atoms with Gasteiger partial charge >= 0.3 is 5.69 Å². The average molecular weight is 383 g/mol. The summed E-state index contributed by atoms with van der Waals surface area (Å²) in [6.45, 7) is 2.31. The van der Waals surface area contributed by atoms with Crippen LogP contribution >= 0.6 is 0 Å². The van der Waals surface area contributed by atoms with E-state index in [2.05, 4.69) is 4.90 Å². The van der Waals surface area contributed by atoms with Gasteiger partial charge in [0.2, 0.25) is 5.95 Å². The van der Waals surface area contributed by atoms with Crippen LogP contribution in [0.25, 0.3) is 11.2 Å². The van der Waals surface area contributed by atoms with Crippen molar-refractivity contribution >= 4 is 17.1 Å². The number of piperidine rings is 1. The minimum Gasteiger partial charge on any atom is -0.497 e. The zero-order valence-electron chi connectivity index (χ0n) is 16.5. The largest absolute Gasteiger partial charge is 0.497 e. The quantitative estimate of drug-likeness (QED) is 0.682. The number of ether oxygens (including phenoxy) is 1. The predicted molar refractivity (Wildman–Crippen MR) is 108 cm³/mol. The molecule has 28 heavy (non-hydrogen) atoms. The molecular formula is C20H25N5O3. The molecule has 1 aliphatic rings. The number of aromatic nitrogens is 4. The molecular weight excluding hydrogens is 358 g/mol. The molecule has 4 rings (SSSR count). The fourth-order valence-electron chi connectivity index (χ4n) is 3.83. The Morgan fingerprint density at radius 2 is 1.68 bits per heavy atom. The number of anilines is 1. The SMILES string of the molecule is COc1ccc(Cn2c(N3CCCCC3)nc3c2c(=O)n(C)c(=O)n3C)cc1. The van der Waals surface area contributed by atoms with Crippen molar-refractivity contribution in [1.82, 2.24) is 18.7 Å². The third-order valence-corrected chi connectivity index (χ3v) is 5.47. The minimum absolute atomic E-state index is 0.317.